The summed E-state index contributed by atoms with van der Waals surface area (Å²) < 4.78 is 14.0. The molecule has 2 rings (SSSR count). The van der Waals surface area contributed by atoms with Crippen LogP contribution in [0.5, 0.6) is 0 Å². The van der Waals surface area contributed by atoms with Crippen LogP contribution in [0.1, 0.15) is 26.3 Å². The smallest absolute Gasteiger partial charge is 0.132 e. The number of aliphatic imine (C=N–C) groups is 1. The van der Waals surface area contributed by atoms with Crippen molar-refractivity contribution in [2.45, 2.75) is 20.8 Å². The topological polar surface area (TPSA) is 51.3 Å². The first-order valence-electron chi connectivity index (χ1n) is 7.77. The molecule has 2 aromatic rings. The maximum absolute atomic E-state index is 14.0. The Morgan fingerprint density at radius 2 is 1.92 bits per heavy atom. The predicted molar refractivity (Wildman–Crippen MR) is 99.7 cm³/mol. The minimum atomic E-state index is -0.282. The van der Waals surface area contributed by atoms with Gasteiger partial charge in [-0.15, -0.1) is 0 Å². The van der Waals surface area contributed by atoms with Gasteiger partial charge in [0.05, 0.1) is 5.71 Å². The standard InChI is InChI=1S/C20H22FN3/c1-5-15-16(10-11-24-20(15)22)14(3)13(2)12-19(23-4)17-8-6-7-9-18(17)21/h5-12H,1-4H3,(H2,22,24). The van der Waals surface area contributed by atoms with Crippen LogP contribution in [0.2, 0.25) is 0 Å². The van der Waals surface area contributed by atoms with Crippen LogP contribution in [-0.2, 0) is 0 Å². The van der Waals surface area contributed by atoms with E-state index in [1.165, 1.54) is 6.07 Å². The summed E-state index contributed by atoms with van der Waals surface area (Å²) in [6, 6.07) is 8.57. The molecule has 2 N–H and O–H groups in total. The Balaban J connectivity index is 2.61. The van der Waals surface area contributed by atoms with E-state index in [2.05, 4.69) is 9.98 Å². The number of anilines is 1. The highest BCUT2D eigenvalue weighted by molar-refractivity contribution is 6.10. The van der Waals surface area contributed by atoms with Gasteiger partial charge >= 0.3 is 0 Å². The van der Waals surface area contributed by atoms with Crippen molar-refractivity contribution in [3.63, 3.8) is 0 Å². The van der Waals surface area contributed by atoms with Gasteiger partial charge in [-0.2, -0.15) is 0 Å². The van der Waals surface area contributed by atoms with Crippen molar-refractivity contribution in [3.8, 4) is 0 Å². The second kappa shape index (κ2) is 7.68. The van der Waals surface area contributed by atoms with E-state index in [0.717, 1.165) is 21.6 Å². The maximum Gasteiger partial charge on any atom is 0.132 e. The Bertz CT molecular complexity index is 924. The highest BCUT2D eigenvalue weighted by atomic mass is 19.1. The van der Waals surface area contributed by atoms with E-state index in [0.29, 0.717) is 17.1 Å². The first-order valence-corrected chi connectivity index (χ1v) is 7.77. The zero-order valence-corrected chi connectivity index (χ0v) is 14.5. The second-order valence-electron chi connectivity index (χ2n) is 5.49. The Morgan fingerprint density at radius 1 is 1.21 bits per heavy atom. The van der Waals surface area contributed by atoms with Gasteiger partial charge in [-0.1, -0.05) is 18.2 Å². The molecule has 0 saturated carbocycles. The number of aromatic nitrogens is 1. The summed E-state index contributed by atoms with van der Waals surface area (Å²) in [6.45, 7) is 5.93. The Labute approximate surface area is 141 Å². The zero-order chi connectivity index (χ0) is 17.7. The van der Waals surface area contributed by atoms with Gasteiger partial charge in [0.2, 0.25) is 0 Å². The lowest BCUT2D eigenvalue weighted by Crippen LogP contribution is -2.30. The molecule has 0 saturated heterocycles. The van der Waals surface area contributed by atoms with Gasteiger partial charge in [0.15, 0.2) is 0 Å². The number of pyridine rings is 1. The first-order chi connectivity index (χ1) is 11.5. The molecule has 24 heavy (non-hydrogen) atoms. The van der Waals surface area contributed by atoms with Crippen molar-refractivity contribution in [1.29, 1.82) is 0 Å². The summed E-state index contributed by atoms with van der Waals surface area (Å²) in [5, 5.41) is 1.92. The normalized spacial score (nSPS) is 14.8. The van der Waals surface area contributed by atoms with Gasteiger partial charge in [-0.25, -0.2) is 9.37 Å². The van der Waals surface area contributed by atoms with Crippen LogP contribution in [0, 0.1) is 5.82 Å². The van der Waals surface area contributed by atoms with E-state index in [1.807, 2.05) is 39.0 Å². The second-order valence-corrected chi connectivity index (χ2v) is 5.49. The molecule has 0 aliphatic rings. The van der Waals surface area contributed by atoms with Crippen molar-refractivity contribution in [3.05, 3.63) is 70.0 Å². The van der Waals surface area contributed by atoms with Gasteiger partial charge in [0.25, 0.3) is 0 Å². The number of benzene rings is 1. The third-order valence-corrected chi connectivity index (χ3v) is 4.05. The van der Waals surface area contributed by atoms with Crippen molar-refractivity contribution < 1.29 is 4.39 Å². The molecule has 0 unspecified atom stereocenters. The first kappa shape index (κ1) is 17.6. The van der Waals surface area contributed by atoms with Crippen LogP contribution in [0.15, 0.2) is 53.2 Å². The van der Waals surface area contributed by atoms with Gasteiger partial charge in [-0.3, -0.25) is 4.99 Å². The molecule has 0 spiro atoms. The molecule has 0 aliphatic heterocycles. The Morgan fingerprint density at radius 3 is 2.54 bits per heavy atom. The number of nitrogen functional groups attached to an aromatic ring is 1. The third kappa shape index (κ3) is 3.59. The molecule has 0 aliphatic carbocycles. The summed E-state index contributed by atoms with van der Waals surface area (Å²) in [5.41, 5.74) is 9.10. The van der Waals surface area contributed by atoms with Gasteiger partial charge < -0.3 is 5.73 Å². The summed E-state index contributed by atoms with van der Waals surface area (Å²) in [7, 11) is 1.66. The molecule has 1 aromatic heterocycles. The minimum absolute atomic E-state index is 0.282. The SMILES string of the molecule is CC=c1c(N)nccc1=C(C)C(C)=CC(=NC)c1ccccc1F. The van der Waals surface area contributed by atoms with Gasteiger partial charge in [0.1, 0.15) is 11.6 Å². The molecule has 3 nitrogen and oxygen atoms in total. The van der Waals surface area contributed by atoms with E-state index >= 15 is 0 Å². The number of allylic oxidation sites excluding steroid dienone is 2. The Hall–Kier alpha value is -2.75. The lowest BCUT2D eigenvalue weighted by atomic mass is 10.0. The molecule has 0 fully saturated rings. The predicted octanol–water partition coefficient (Wildman–Crippen LogP) is 2.84. The van der Waals surface area contributed by atoms with Crippen LogP contribution in [0.25, 0.3) is 11.6 Å². The molecule has 0 atom stereocenters. The molecule has 0 radical (unpaired) electrons. The van der Waals surface area contributed by atoms with Crippen molar-refractivity contribution in [2.24, 2.45) is 4.99 Å². The Kier molecular flexibility index (Phi) is 5.64. The summed E-state index contributed by atoms with van der Waals surface area (Å²) >= 11 is 0. The molecular weight excluding hydrogens is 301 g/mol. The molecular formula is C20H22FN3. The van der Waals surface area contributed by atoms with E-state index < -0.39 is 0 Å². The van der Waals surface area contributed by atoms with E-state index in [1.54, 1.807) is 31.4 Å². The molecule has 1 heterocycles. The molecule has 124 valence electrons. The van der Waals surface area contributed by atoms with Crippen molar-refractivity contribution >= 4 is 23.2 Å². The quantitative estimate of drug-likeness (QED) is 0.883. The van der Waals surface area contributed by atoms with E-state index in [-0.39, 0.29) is 5.82 Å². The highest BCUT2D eigenvalue weighted by Gasteiger charge is 2.07. The zero-order valence-electron chi connectivity index (χ0n) is 14.5. The van der Waals surface area contributed by atoms with Crippen molar-refractivity contribution in [2.75, 3.05) is 12.8 Å². The maximum atomic E-state index is 14.0. The number of nitrogens with zero attached hydrogens (tertiary/aromatic N) is 2. The fraction of sp³-hybridized carbons (Fsp3) is 0.200. The lowest BCUT2D eigenvalue weighted by molar-refractivity contribution is 0.625. The molecule has 0 amide bonds. The fourth-order valence-corrected chi connectivity index (χ4v) is 2.58. The summed E-state index contributed by atoms with van der Waals surface area (Å²) in [6.07, 6.45) is 5.53. The van der Waals surface area contributed by atoms with Gasteiger partial charge in [-0.05, 0) is 61.4 Å². The van der Waals surface area contributed by atoms with Crippen LogP contribution in [-0.4, -0.2) is 17.7 Å². The van der Waals surface area contributed by atoms with Crippen LogP contribution >= 0.6 is 0 Å². The fourth-order valence-electron chi connectivity index (χ4n) is 2.58. The molecule has 1 aromatic carbocycles. The summed E-state index contributed by atoms with van der Waals surface area (Å²) in [5.74, 6) is 0.219. The monoisotopic (exact) mass is 323 g/mol. The molecule has 4 heteroatoms. The molecule has 0 bridgehead atoms. The van der Waals surface area contributed by atoms with Crippen LogP contribution in [0.3, 0.4) is 0 Å². The van der Waals surface area contributed by atoms with Crippen LogP contribution < -0.4 is 16.2 Å². The minimum Gasteiger partial charge on any atom is -0.383 e. The number of rotatable bonds is 3. The van der Waals surface area contributed by atoms with E-state index in [4.69, 9.17) is 5.73 Å². The number of halogens is 1. The largest absolute Gasteiger partial charge is 0.383 e. The average molecular weight is 323 g/mol. The lowest BCUT2D eigenvalue weighted by Gasteiger charge is -2.07. The van der Waals surface area contributed by atoms with Gasteiger partial charge in [0, 0.05) is 24.0 Å². The summed E-state index contributed by atoms with van der Waals surface area (Å²) in [4.78, 5) is 8.37. The van der Waals surface area contributed by atoms with Crippen LogP contribution in [0.4, 0.5) is 10.2 Å². The van der Waals surface area contributed by atoms with Crippen molar-refractivity contribution in [1.82, 2.24) is 4.98 Å². The third-order valence-electron chi connectivity index (χ3n) is 4.05. The van der Waals surface area contributed by atoms with E-state index in [9.17, 15) is 4.39 Å². The number of hydrogen-bond acceptors (Lipinski definition) is 3. The average Bonchev–Trinajstić information content (AvgIpc) is 2.59. The number of hydrogen-bond donors (Lipinski definition) is 1. The number of nitrogens with two attached hydrogens (primary N) is 1. The highest BCUT2D eigenvalue weighted by Crippen LogP contribution is 2.13.